The predicted molar refractivity (Wildman–Crippen MR) is 92.1 cm³/mol. The van der Waals surface area contributed by atoms with E-state index in [4.69, 9.17) is 22.4 Å². The van der Waals surface area contributed by atoms with Crippen molar-refractivity contribution in [2.24, 2.45) is 4.13 Å². The van der Waals surface area contributed by atoms with E-state index in [-0.39, 0.29) is 6.57 Å². The molecule has 10 heteroatoms. The summed E-state index contributed by atoms with van der Waals surface area (Å²) >= 11 is 14.6. The van der Waals surface area contributed by atoms with Crippen LogP contribution in [-0.2, 0) is 56.8 Å². The van der Waals surface area contributed by atoms with Crippen molar-refractivity contribution in [3.8, 4) is 0 Å². The maximum absolute atomic E-state index is 4.85. The van der Waals surface area contributed by atoms with Gasteiger partial charge in [-0.15, -0.1) is 0 Å². The number of halogens is 2. The maximum atomic E-state index is 4.85. The summed E-state index contributed by atoms with van der Waals surface area (Å²) in [5.74, 6) is 0. The van der Waals surface area contributed by atoms with Crippen molar-refractivity contribution in [1.82, 2.24) is 0 Å². The van der Waals surface area contributed by atoms with Crippen LogP contribution in [0.1, 0.15) is 6.92 Å². The van der Waals surface area contributed by atoms with Crippen LogP contribution in [0.4, 0.5) is 0 Å². The van der Waals surface area contributed by atoms with Crippen LogP contribution in [0, 0.1) is 0 Å². The summed E-state index contributed by atoms with van der Waals surface area (Å²) in [6.07, 6.45) is 1.14. The molecule has 0 saturated carbocycles. The molecule has 0 rings (SSSR count). The second-order valence-electron chi connectivity index (χ2n) is 1.41. The zero-order chi connectivity index (χ0) is 9.61. The highest BCUT2D eigenvalue weighted by Crippen LogP contribution is 2.75. The van der Waals surface area contributed by atoms with Crippen molar-refractivity contribution in [2.45, 2.75) is 6.92 Å². The topological polar surface area (TPSA) is 12.4 Å². The van der Waals surface area contributed by atoms with E-state index in [1.165, 1.54) is 19.0 Å². The molecule has 0 fully saturated rings. The monoisotopic (exact) mass is 520 g/mol. The van der Waals surface area contributed by atoms with Gasteiger partial charge in [-0.3, -0.25) is 0 Å². The van der Waals surface area contributed by atoms with Gasteiger partial charge in [0.15, 0.2) is 44.1 Å². The summed E-state index contributed by atoms with van der Waals surface area (Å²) in [5.41, 5.74) is 0. The second kappa shape index (κ2) is 8.20. The molecule has 0 atom stereocenters. The first kappa shape index (κ1) is 15.0. The van der Waals surface area contributed by atoms with Crippen LogP contribution < -0.4 is 0 Å². The fraction of sp³-hybridized carbons (Fsp3) is 1.00. The first-order valence-electron chi connectivity index (χ1n) is 2.58. The van der Waals surface area contributed by atoms with Gasteiger partial charge in [-0.05, 0) is 11.1 Å². The SMILES string of the molecule is CC[P+](I)(I)N=S=S=S=S(=S)=S. The minimum Gasteiger partial charge on any atom is -0.0414 e. The molecule has 0 bridgehead atoms. The van der Waals surface area contributed by atoms with Gasteiger partial charge in [-0.1, -0.05) is 0 Å². The molecule has 0 N–H and O–H groups in total. The van der Waals surface area contributed by atoms with Crippen LogP contribution in [-0.4, -0.2) is 6.16 Å². The van der Waals surface area contributed by atoms with Crippen LogP contribution in [0.15, 0.2) is 4.13 Å². The molecule has 0 radical (unpaired) electrons. The molecule has 0 aliphatic rings. The van der Waals surface area contributed by atoms with Gasteiger partial charge in [0.2, 0.25) is 0 Å². The molecule has 0 saturated heterocycles. The van der Waals surface area contributed by atoms with Crippen molar-refractivity contribution in [3.63, 3.8) is 0 Å². The van der Waals surface area contributed by atoms with Crippen LogP contribution >= 0.6 is 46.8 Å². The minimum atomic E-state index is -1.05. The second-order valence-corrected chi connectivity index (χ2v) is 28.4. The van der Waals surface area contributed by atoms with E-state index in [1.807, 2.05) is 0 Å². The Hall–Kier alpha value is 3.01. The van der Waals surface area contributed by atoms with Crippen molar-refractivity contribution >= 4 is 104 Å². The summed E-state index contributed by atoms with van der Waals surface area (Å²) < 4.78 is 3.45. The Morgan fingerprint density at radius 1 is 1.50 bits per heavy atom. The molecule has 0 aromatic carbocycles. The average Bonchev–Trinajstić information content (AvgIpc) is 1.98. The Labute approximate surface area is 118 Å². The molecule has 0 aliphatic carbocycles. The third kappa shape index (κ3) is 9.56. The number of hydrogen-bond donors (Lipinski definition) is 0. The van der Waals surface area contributed by atoms with Crippen LogP contribution in [0.2, 0.25) is 0 Å². The Kier molecular flexibility index (Phi) is 10.3. The van der Waals surface area contributed by atoms with Gasteiger partial charge in [0, 0.05) is 46.7 Å². The number of rotatable bonds is 2. The highest BCUT2D eigenvalue weighted by atomic mass is 127. The van der Waals surface area contributed by atoms with Gasteiger partial charge < -0.3 is 0 Å². The van der Waals surface area contributed by atoms with Gasteiger partial charge >= 0.3 is 0 Å². The third-order valence-corrected chi connectivity index (χ3v) is 18.0. The molecule has 0 aromatic rings. The van der Waals surface area contributed by atoms with Gasteiger partial charge in [0.1, 0.15) is 0 Å². The molecule has 0 amide bonds. The highest BCUT2D eigenvalue weighted by molar-refractivity contribution is 14.3. The van der Waals surface area contributed by atoms with Gasteiger partial charge in [0.25, 0.3) is 2.70 Å². The Bertz CT molecular complexity index is 372. The average molecular weight is 520 g/mol. The lowest BCUT2D eigenvalue weighted by Crippen LogP contribution is -1.68. The Morgan fingerprint density at radius 2 is 2.08 bits per heavy atom. The highest BCUT2D eigenvalue weighted by Gasteiger charge is 2.28. The molecule has 0 aromatic heterocycles. The van der Waals surface area contributed by atoms with Crippen molar-refractivity contribution < 1.29 is 0 Å². The zero-order valence-corrected chi connectivity index (χ0v) is 15.9. The quantitative estimate of drug-likeness (QED) is 0.410. The van der Waals surface area contributed by atoms with Crippen LogP contribution in [0.25, 0.3) is 0 Å². The standard InChI is InChI=1S/C2H5I2NPS6/c1-2-6(3,4)5-9-10-11-12(7)8/h2H2,1H3/q+1. The van der Waals surface area contributed by atoms with Gasteiger partial charge in [0.05, 0.1) is 16.3 Å². The van der Waals surface area contributed by atoms with Gasteiger partial charge in [-0.25, -0.2) is 0 Å². The van der Waals surface area contributed by atoms with E-state index >= 15 is 0 Å². The smallest absolute Gasteiger partial charge is 0.0414 e. The van der Waals surface area contributed by atoms with E-state index < -0.39 is 2.70 Å². The first-order valence-corrected chi connectivity index (χ1v) is 17.1. The molecule has 0 aliphatic heterocycles. The van der Waals surface area contributed by atoms with Gasteiger partial charge in [-0.2, -0.15) is 0 Å². The Balaban J connectivity index is 4.91. The lowest BCUT2D eigenvalue weighted by atomic mass is 11.0. The van der Waals surface area contributed by atoms with Crippen molar-refractivity contribution in [1.29, 1.82) is 0 Å². The van der Waals surface area contributed by atoms with E-state index in [1.54, 1.807) is 8.88 Å². The predicted octanol–water partition coefficient (Wildman–Crippen LogP) is 3.36. The first-order chi connectivity index (χ1) is 5.48. The lowest BCUT2D eigenvalue weighted by Gasteiger charge is -1.94. The number of nitrogens with zero attached hydrogens (tertiary/aromatic N) is 1. The van der Waals surface area contributed by atoms with E-state index in [2.05, 4.69) is 55.1 Å². The normalized spacial score (nSPS) is 10.2. The molecule has 0 unspecified atom stereocenters. The third-order valence-electron chi connectivity index (χ3n) is 0.647. The molecular formula is C2H5I2NPS6+. The Morgan fingerprint density at radius 3 is 2.50 bits per heavy atom. The van der Waals surface area contributed by atoms with E-state index in [0.29, 0.717) is 0 Å². The molecule has 12 heavy (non-hydrogen) atoms. The summed E-state index contributed by atoms with van der Waals surface area (Å²) in [5, 5.41) is 0. The van der Waals surface area contributed by atoms with E-state index in [0.717, 1.165) is 6.16 Å². The molecule has 1 nitrogen and oxygen atoms in total. The van der Waals surface area contributed by atoms with E-state index in [9.17, 15) is 0 Å². The van der Waals surface area contributed by atoms with Crippen LogP contribution in [0.5, 0.6) is 0 Å². The molecule has 0 heterocycles. The summed E-state index contributed by atoms with van der Waals surface area (Å²) in [6, 6.07) is 0. The molecule has 72 valence electrons. The largest absolute Gasteiger partial charge is 0.266 e. The molecule has 0 spiro atoms. The number of hydrogen-bond acceptors (Lipinski definition) is 3. The fourth-order valence-electron chi connectivity index (χ4n) is 0.155. The fourth-order valence-corrected chi connectivity index (χ4v) is 13.3. The van der Waals surface area contributed by atoms with Crippen molar-refractivity contribution in [2.75, 3.05) is 6.16 Å². The summed E-state index contributed by atoms with van der Waals surface area (Å²) in [6.45, 7) is 1.79. The molecular weight excluding hydrogens is 515 g/mol. The zero-order valence-electron chi connectivity index (χ0n) is 5.81. The maximum Gasteiger partial charge on any atom is 0.266 e. The van der Waals surface area contributed by atoms with Crippen molar-refractivity contribution in [3.05, 3.63) is 0 Å². The summed E-state index contributed by atoms with van der Waals surface area (Å²) in [4.78, 5) is 0. The lowest BCUT2D eigenvalue weighted by molar-refractivity contribution is 1.51. The van der Waals surface area contributed by atoms with Crippen LogP contribution in [0.3, 0.4) is 0 Å². The summed E-state index contributed by atoms with van der Waals surface area (Å²) in [7, 11) is 4.66. The minimum absolute atomic E-state index is 0.373.